The Kier molecular flexibility index (Phi) is 6.50. The number of unbranched alkanes of at least 4 members (excludes halogenated alkanes) is 3. The molecule has 0 aliphatic carbocycles. The van der Waals surface area contributed by atoms with E-state index in [0.717, 1.165) is 28.8 Å². The minimum absolute atomic E-state index is 0.525. The normalized spacial score (nSPS) is 10.4. The third-order valence-corrected chi connectivity index (χ3v) is 3.00. The van der Waals surface area contributed by atoms with Gasteiger partial charge in [-0.15, -0.1) is 0 Å². The van der Waals surface area contributed by atoms with E-state index in [2.05, 4.69) is 22.9 Å². The SMILES string of the molecule is CCCCCCOc1cc(Br)ccc1CN. The summed E-state index contributed by atoms with van der Waals surface area (Å²) in [7, 11) is 0. The van der Waals surface area contributed by atoms with Gasteiger partial charge in [0.2, 0.25) is 0 Å². The summed E-state index contributed by atoms with van der Waals surface area (Å²) >= 11 is 3.44. The second kappa shape index (κ2) is 7.69. The summed E-state index contributed by atoms with van der Waals surface area (Å²) in [4.78, 5) is 0. The average molecular weight is 286 g/mol. The Morgan fingerprint density at radius 3 is 2.75 bits per heavy atom. The van der Waals surface area contributed by atoms with E-state index in [4.69, 9.17) is 10.5 Å². The molecule has 0 saturated heterocycles. The first-order chi connectivity index (χ1) is 7.77. The third kappa shape index (κ3) is 4.54. The zero-order chi connectivity index (χ0) is 11.8. The van der Waals surface area contributed by atoms with Crippen molar-refractivity contribution in [2.75, 3.05) is 6.61 Å². The van der Waals surface area contributed by atoms with Gasteiger partial charge in [-0.1, -0.05) is 48.2 Å². The Hall–Kier alpha value is -0.540. The minimum atomic E-state index is 0.525. The van der Waals surface area contributed by atoms with Crippen LogP contribution in [-0.4, -0.2) is 6.61 Å². The first-order valence-electron chi connectivity index (χ1n) is 5.89. The van der Waals surface area contributed by atoms with Crippen LogP contribution < -0.4 is 10.5 Å². The lowest BCUT2D eigenvalue weighted by atomic mass is 10.2. The minimum Gasteiger partial charge on any atom is -0.493 e. The first kappa shape index (κ1) is 13.5. The molecule has 0 aliphatic heterocycles. The largest absolute Gasteiger partial charge is 0.493 e. The molecule has 1 rings (SSSR count). The quantitative estimate of drug-likeness (QED) is 0.772. The van der Waals surface area contributed by atoms with Gasteiger partial charge in [0.1, 0.15) is 5.75 Å². The van der Waals surface area contributed by atoms with E-state index >= 15 is 0 Å². The van der Waals surface area contributed by atoms with Crippen LogP contribution in [0.5, 0.6) is 5.75 Å². The summed E-state index contributed by atoms with van der Waals surface area (Å²) in [6, 6.07) is 5.99. The molecule has 0 aromatic heterocycles. The van der Waals surface area contributed by atoms with Crippen molar-refractivity contribution in [1.29, 1.82) is 0 Å². The first-order valence-corrected chi connectivity index (χ1v) is 6.68. The summed E-state index contributed by atoms with van der Waals surface area (Å²) in [5, 5.41) is 0. The van der Waals surface area contributed by atoms with Crippen molar-refractivity contribution in [3.8, 4) is 5.75 Å². The lowest BCUT2D eigenvalue weighted by Gasteiger charge is -2.10. The summed E-state index contributed by atoms with van der Waals surface area (Å²) < 4.78 is 6.78. The van der Waals surface area contributed by atoms with Crippen LogP contribution in [0.25, 0.3) is 0 Å². The molecule has 0 spiro atoms. The molecule has 0 bridgehead atoms. The van der Waals surface area contributed by atoms with Crippen molar-refractivity contribution >= 4 is 15.9 Å². The van der Waals surface area contributed by atoms with Gasteiger partial charge in [0.25, 0.3) is 0 Å². The lowest BCUT2D eigenvalue weighted by Crippen LogP contribution is -2.03. The molecule has 90 valence electrons. The maximum atomic E-state index is 5.75. The fourth-order valence-corrected chi connectivity index (χ4v) is 1.88. The molecule has 1 aromatic rings. The highest BCUT2D eigenvalue weighted by Crippen LogP contribution is 2.23. The summed E-state index contributed by atoms with van der Waals surface area (Å²) in [5.74, 6) is 0.911. The van der Waals surface area contributed by atoms with E-state index in [9.17, 15) is 0 Å². The van der Waals surface area contributed by atoms with Gasteiger partial charge in [0.15, 0.2) is 0 Å². The average Bonchev–Trinajstić information content (AvgIpc) is 2.29. The second-order valence-corrected chi connectivity index (χ2v) is 4.78. The van der Waals surface area contributed by atoms with E-state index in [0.29, 0.717) is 6.54 Å². The molecule has 0 amide bonds. The van der Waals surface area contributed by atoms with Crippen LogP contribution in [0.4, 0.5) is 0 Å². The van der Waals surface area contributed by atoms with Crippen LogP contribution in [0.3, 0.4) is 0 Å². The summed E-state index contributed by atoms with van der Waals surface area (Å²) in [5.41, 5.74) is 6.73. The van der Waals surface area contributed by atoms with Gasteiger partial charge in [0.05, 0.1) is 6.61 Å². The number of halogens is 1. The molecule has 0 atom stereocenters. The molecule has 2 nitrogen and oxygen atoms in total. The van der Waals surface area contributed by atoms with Crippen molar-refractivity contribution in [1.82, 2.24) is 0 Å². The molecular formula is C13H20BrNO. The Morgan fingerprint density at radius 1 is 1.25 bits per heavy atom. The Morgan fingerprint density at radius 2 is 2.06 bits per heavy atom. The zero-order valence-electron chi connectivity index (χ0n) is 9.84. The monoisotopic (exact) mass is 285 g/mol. The Bertz CT molecular complexity index is 315. The van der Waals surface area contributed by atoms with Crippen molar-refractivity contribution in [3.05, 3.63) is 28.2 Å². The maximum absolute atomic E-state index is 5.75. The molecule has 0 unspecified atom stereocenters. The van der Waals surface area contributed by atoms with E-state index in [1.54, 1.807) is 0 Å². The molecule has 0 radical (unpaired) electrons. The highest BCUT2D eigenvalue weighted by Gasteiger charge is 2.02. The van der Waals surface area contributed by atoms with Gasteiger partial charge in [-0.2, -0.15) is 0 Å². The summed E-state index contributed by atoms with van der Waals surface area (Å²) in [6.45, 7) is 3.52. The van der Waals surface area contributed by atoms with E-state index in [1.165, 1.54) is 19.3 Å². The van der Waals surface area contributed by atoms with Gasteiger partial charge in [-0.25, -0.2) is 0 Å². The van der Waals surface area contributed by atoms with Gasteiger partial charge in [-0.05, 0) is 18.6 Å². The molecule has 16 heavy (non-hydrogen) atoms. The number of rotatable bonds is 7. The van der Waals surface area contributed by atoms with Crippen LogP contribution in [0.1, 0.15) is 38.2 Å². The van der Waals surface area contributed by atoms with Gasteiger partial charge < -0.3 is 10.5 Å². The van der Waals surface area contributed by atoms with Crippen molar-refractivity contribution < 1.29 is 4.74 Å². The smallest absolute Gasteiger partial charge is 0.124 e. The number of benzene rings is 1. The summed E-state index contributed by atoms with van der Waals surface area (Å²) in [6.07, 6.45) is 4.89. The van der Waals surface area contributed by atoms with E-state index < -0.39 is 0 Å². The molecule has 1 aromatic carbocycles. The molecule has 3 heteroatoms. The van der Waals surface area contributed by atoms with Crippen LogP contribution in [0, 0.1) is 0 Å². The van der Waals surface area contributed by atoms with Crippen molar-refractivity contribution in [2.45, 2.75) is 39.2 Å². The zero-order valence-corrected chi connectivity index (χ0v) is 11.4. The van der Waals surface area contributed by atoms with Gasteiger partial charge in [0, 0.05) is 16.6 Å². The third-order valence-electron chi connectivity index (χ3n) is 2.50. The van der Waals surface area contributed by atoms with Crippen LogP contribution in [-0.2, 0) is 6.54 Å². The number of nitrogens with two attached hydrogens (primary N) is 1. The fraction of sp³-hybridized carbons (Fsp3) is 0.538. The van der Waals surface area contributed by atoms with Gasteiger partial charge >= 0.3 is 0 Å². The number of hydrogen-bond acceptors (Lipinski definition) is 2. The molecule has 2 N–H and O–H groups in total. The van der Waals surface area contributed by atoms with E-state index in [1.807, 2.05) is 18.2 Å². The highest BCUT2D eigenvalue weighted by molar-refractivity contribution is 9.10. The van der Waals surface area contributed by atoms with Crippen molar-refractivity contribution in [3.63, 3.8) is 0 Å². The van der Waals surface area contributed by atoms with Crippen molar-refractivity contribution in [2.24, 2.45) is 5.73 Å². The fourth-order valence-electron chi connectivity index (χ4n) is 1.54. The molecular weight excluding hydrogens is 266 g/mol. The van der Waals surface area contributed by atoms with E-state index in [-0.39, 0.29) is 0 Å². The van der Waals surface area contributed by atoms with Gasteiger partial charge in [-0.3, -0.25) is 0 Å². The lowest BCUT2D eigenvalue weighted by molar-refractivity contribution is 0.302. The number of ether oxygens (including phenoxy) is 1. The molecule has 0 heterocycles. The number of hydrogen-bond donors (Lipinski definition) is 1. The standard InChI is InChI=1S/C13H20BrNO/c1-2-3-4-5-8-16-13-9-12(14)7-6-11(13)10-15/h6-7,9H,2-5,8,10,15H2,1H3. The van der Waals surface area contributed by atoms with Crippen LogP contribution >= 0.6 is 15.9 Å². The Labute approximate surface area is 106 Å². The second-order valence-electron chi connectivity index (χ2n) is 3.87. The molecule has 0 saturated carbocycles. The topological polar surface area (TPSA) is 35.2 Å². The predicted molar refractivity (Wildman–Crippen MR) is 71.7 cm³/mol. The molecule has 0 aliphatic rings. The predicted octanol–water partition coefficient (Wildman–Crippen LogP) is 3.87. The van der Waals surface area contributed by atoms with Crippen LogP contribution in [0.15, 0.2) is 22.7 Å². The maximum Gasteiger partial charge on any atom is 0.124 e. The molecule has 0 fully saturated rings. The Balaban J connectivity index is 2.42. The van der Waals surface area contributed by atoms with Crippen LogP contribution in [0.2, 0.25) is 0 Å². The highest BCUT2D eigenvalue weighted by atomic mass is 79.9.